The molecule has 0 aromatic rings. The first kappa shape index (κ1) is 10.0. The summed E-state index contributed by atoms with van der Waals surface area (Å²) < 4.78 is 10.5. The average molecular weight is 172 g/mol. The molecule has 2 heteroatoms. The van der Waals surface area contributed by atoms with Crippen molar-refractivity contribution in [3.05, 3.63) is 0 Å². The van der Waals surface area contributed by atoms with Gasteiger partial charge in [0.05, 0.1) is 12.7 Å². The van der Waals surface area contributed by atoms with E-state index < -0.39 is 0 Å². The van der Waals surface area contributed by atoms with Crippen molar-refractivity contribution in [2.24, 2.45) is 0 Å². The molecule has 0 saturated carbocycles. The van der Waals surface area contributed by atoms with Crippen molar-refractivity contribution in [1.29, 1.82) is 0 Å². The molecule has 2 nitrogen and oxygen atoms in total. The molecule has 1 saturated heterocycles. The number of hydrogen-bond acceptors (Lipinski definition) is 2. The van der Waals surface area contributed by atoms with Gasteiger partial charge in [-0.2, -0.15) is 0 Å². The molecular weight excluding hydrogens is 152 g/mol. The topological polar surface area (TPSA) is 21.8 Å². The van der Waals surface area contributed by atoms with Crippen molar-refractivity contribution < 1.29 is 9.47 Å². The van der Waals surface area contributed by atoms with Crippen LogP contribution in [0.5, 0.6) is 0 Å². The first-order chi connectivity index (χ1) is 5.93. The van der Waals surface area contributed by atoms with Crippen LogP contribution in [0.2, 0.25) is 0 Å². The van der Waals surface area contributed by atoms with Gasteiger partial charge in [-0.15, -0.1) is 0 Å². The number of epoxide rings is 1. The molecule has 1 heterocycles. The molecule has 1 atom stereocenters. The van der Waals surface area contributed by atoms with Gasteiger partial charge in [-0.3, -0.25) is 0 Å². The Labute approximate surface area is 75.2 Å². The third kappa shape index (κ3) is 5.56. The van der Waals surface area contributed by atoms with Crippen LogP contribution in [-0.4, -0.2) is 25.9 Å². The molecule has 0 aromatic heterocycles. The zero-order valence-electron chi connectivity index (χ0n) is 8.05. The smallest absolute Gasteiger partial charge is 0.0831 e. The van der Waals surface area contributed by atoms with E-state index in [2.05, 4.69) is 6.92 Å². The fraction of sp³-hybridized carbons (Fsp3) is 1.00. The minimum absolute atomic E-state index is 0.528. The van der Waals surface area contributed by atoms with Crippen molar-refractivity contribution in [3.63, 3.8) is 0 Å². The summed E-state index contributed by atoms with van der Waals surface area (Å²) in [6.07, 6.45) is 6.80. The first-order valence-corrected chi connectivity index (χ1v) is 5.13. The summed E-state index contributed by atoms with van der Waals surface area (Å²) in [7, 11) is 0. The fourth-order valence-electron chi connectivity index (χ4n) is 1.18. The van der Waals surface area contributed by atoms with Crippen LogP contribution in [-0.2, 0) is 9.47 Å². The molecule has 1 aliphatic heterocycles. The first-order valence-electron chi connectivity index (χ1n) is 5.13. The van der Waals surface area contributed by atoms with Crippen LogP contribution in [0.3, 0.4) is 0 Å². The van der Waals surface area contributed by atoms with E-state index >= 15 is 0 Å². The zero-order chi connectivity index (χ0) is 8.65. The molecule has 12 heavy (non-hydrogen) atoms. The SMILES string of the molecule is CCCCCCOCCC1CO1. The standard InChI is InChI=1S/C10H20O2/c1-2-3-4-5-7-11-8-6-10-9-12-10/h10H,2-9H2,1H3. The van der Waals surface area contributed by atoms with E-state index in [0.29, 0.717) is 6.10 Å². The normalized spacial score (nSPS) is 21.2. The van der Waals surface area contributed by atoms with E-state index in [9.17, 15) is 0 Å². The second kappa shape index (κ2) is 6.44. The zero-order valence-corrected chi connectivity index (χ0v) is 8.05. The predicted molar refractivity (Wildman–Crippen MR) is 49.3 cm³/mol. The summed E-state index contributed by atoms with van der Waals surface area (Å²) in [5, 5.41) is 0. The molecule has 0 radical (unpaired) electrons. The molecule has 0 amide bonds. The van der Waals surface area contributed by atoms with E-state index in [1.165, 1.54) is 25.7 Å². The highest BCUT2D eigenvalue weighted by atomic mass is 16.6. The largest absolute Gasteiger partial charge is 0.381 e. The van der Waals surface area contributed by atoms with Gasteiger partial charge >= 0.3 is 0 Å². The third-order valence-corrected chi connectivity index (χ3v) is 2.13. The maximum atomic E-state index is 5.45. The molecule has 1 aliphatic rings. The van der Waals surface area contributed by atoms with Crippen molar-refractivity contribution in [3.8, 4) is 0 Å². The Balaban J connectivity index is 1.65. The Morgan fingerprint density at radius 3 is 2.75 bits per heavy atom. The van der Waals surface area contributed by atoms with E-state index in [1.54, 1.807) is 0 Å². The molecule has 0 spiro atoms. The van der Waals surface area contributed by atoms with Gasteiger partial charge in [0.25, 0.3) is 0 Å². The Morgan fingerprint density at radius 2 is 2.08 bits per heavy atom. The van der Waals surface area contributed by atoms with Gasteiger partial charge in [0, 0.05) is 13.2 Å². The number of hydrogen-bond donors (Lipinski definition) is 0. The lowest BCUT2D eigenvalue weighted by atomic mass is 10.2. The summed E-state index contributed by atoms with van der Waals surface area (Å²) in [4.78, 5) is 0. The van der Waals surface area contributed by atoms with Crippen molar-refractivity contribution in [1.82, 2.24) is 0 Å². The van der Waals surface area contributed by atoms with Crippen LogP contribution in [0.15, 0.2) is 0 Å². The fourth-order valence-corrected chi connectivity index (χ4v) is 1.18. The third-order valence-electron chi connectivity index (χ3n) is 2.13. The van der Waals surface area contributed by atoms with Gasteiger partial charge < -0.3 is 9.47 Å². The molecule has 0 bridgehead atoms. The highest BCUT2D eigenvalue weighted by Gasteiger charge is 2.21. The molecular formula is C10H20O2. The van der Waals surface area contributed by atoms with E-state index in [-0.39, 0.29) is 0 Å². The van der Waals surface area contributed by atoms with Crippen LogP contribution >= 0.6 is 0 Å². The van der Waals surface area contributed by atoms with E-state index in [1.807, 2.05) is 0 Å². The summed E-state index contributed by atoms with van der Waals surface area (Å²) in [6, 6.07) is 0. The van der Waals surface area contributed by atoms with Crippen molar-refractivity contribution >= 4 is 0 Å². The highest BCUT2D eigenvalue weighted by molar-refractivity contribution is 4.67. The van der Waals surface area contributed by atoms with E-state index in [4.69, 9.17) is 9.47 Å². The lowest BCUT2D eigenvalue weighted by Crippen LogP contribution is -1.99. The maximum absolute atomic E-state index is 5.45. The lowest BCUT2D eigenvalue weighted by molar-refractivity contribution is 0.122. The molecule has 0 N–H and O–H groups in total. The Morgan fingerprint density at radius 1 is 1.25 bits per heavy atom. The number of rotatable bonds is 8. The van der Waals surface area contributed by atoms with Gasteiger partial charge in [-0.1, -0.05) is 26.2 Å². The molecule has 1 rings (SSSR count). The van der Waals surface area contributed by atoms with Crippen LogP contribution in [0.25, 0.3) is 0 Å². The summed E-state index contributed by atoms with van der Waals surface area (Å²) in [6.45, 7) is 5.01. The second-order valence-electron chi connectivity index (χ2n) is 3.42. The molecule has 0 aliphatic carbocycles. The van der Waals surface area contributed by atoms with Crippen LogP contribution in [0.4, 0.5) is 0 Å². The van der Waals surface area contributed by atoms with Crippen molar-refractivity contribution in [2.45, 2.75) is 45.1 Å². The maximum Gasteiger partial charge on any atom is 0.0831 e. The van der Waals surface area contributed by atoms with Gasteiger partial charge in [0.2, 0.25) is 0 Å². The molecule has 1 fully saturated rings. The summed E-state index contributed by atoms with van der Waals surface area (Å²) in [5.74, 6) is 0. The van der Waals surface area contributed by atoms with Crippen LogP contribution in [0, 0.1) is 0 Å². The van der Waals surface area contributed by atoms with Gasteiger partial charge in [0.1, 0.15) is 0 Å². The Hall–Kier alpha value is -0.0800. The Kier molecular flexibility index (Phi) is 5.37. The molecule has 0 aromatic carbocycles. The average Bonchev–Trinajstić information content (AvgIpc) is 2.87. The van der Waals surface area contributed by atoms with Crippen LogP contribution < -0.4 is 0 Å². The van der Waals surface area contributed by atoms with Crippen molar-refractivity contribution in [2.75, 3.05) is 19.8 Å². The highest BCUT2D eigenvalue weighted by Crippen LogP contribution is 2.12. The molecule has 72 valence electrons. The Bertz CT molecular complexity index is 100. The summed E-state index contributed by atoms with van der Waals surface area (Å²) >= 11 is 0. The lowest BCUT2D eigenvalue weighted by Gasteiger charge is -2.01. The predicted octanol–water partition coefficient (Wildman–Crippen LogP) is 2.37. The second-order valence-corrected chi connectivity index (χ2v) is 3.42. The quantitative estimate of drug-likeness (QED) is 0.414. The molecule has 1 unspecified atom stereocenters. The minimum atomic E-state index is 0.528. The number of ether oxygens (including phenoxy) is 2. The van der Waals surface area contributed by atoms with Crippen LogP contribution in [0.1, 0.15) is 39.0 Å². The van der Waals surface area contributed by atoms with Gasteiger partial charge in [-0.05, 0) is 12.8 Å². The monoisotopic (exact) mass is 172 g/mol. The number of unbranched alkanes of at least 4 members (excludes halogenated alkanes) is 3. The minimum Gasteiger partial charge on any atom is -0.381 e. The summed E-state index contributed by atoms with van der Waals surface area (Å²) in [5.41, 5.74) is 0. The van der Waals surface area contributed by atoms with Gasteiger partial charge in [0.15, 0.2) is 0 Å². The van der Waals surface area contributed by atoms with Gasteiger partial charge in [-0.25, -0.2) is 0 Å². The van der Waals surface area contributed by atoms with E-state index in [0.717, 1.165) is 26.2 Å².